The number of carbonyl (C=O) groups is 1. The monoisotopic (exact) mass is 371 g/mol. The van der Waals surface area contributed by atoms with Gasteiger partial charge in [-0.15, -0.1) is 0 Å². The van der Waals surface area contributed by atoms with Crippen molar-refractivity contribution in [3.8, 4) is 6.07 Å². The van der Waals surface area contributed by atoms with Crippen LogP contribution in [-0.4, -0.2) is 18.2 Å². The van der Waals surface area contributed by atoms with E-state index in [1.54, 1.807) is 31.2 Å². The molecule has 0 spiro atoms. The van der Waals surface area contributed by atoms with E-state index in [-0.39, 0.29) is 5.91 Å². The summed E-state index contributed by atoms with van der Waals surface area (Å²) in [7, 11) is 0. The van der Waals surface area contributed by atoms with E-state index >= 15 is 0 Å². The molecule has 0 unspecified atom stereocenters. The summed E-state index contributed by atoms with van der Waals surface area (Å²) in [5.74, 6) is -0.374. The van der Waals surface area contributed by atoms with Gasteiger partial charge in [-0.05, 0) is 36.8 Å². The van der Waals surface area contributed by atoms with Gasteiger partial charge in [-0.3, -0.25) is 4.79 Å². The third-order valence-corrected chi connectivity index (χ3v) is 3.49. The second-order valence-electron chi connectivity index (χ2n) is 4.68. The van der Waals surface area contributed by atoms with Gasteiger partial charge in [-0.25, -0.2) is 0 Å². The Bertz CT molecular complexity index is 751. The van der Waals surface area contributed by atoms with Crippen LogP contribution < -0.4 is 5.32 Å². The van der Waals surface area contributed by atoms with Crippen molar-refractivity contribution in [2.45, 2.75) is 13.0 Å². The zero-order valence-electron chi connectivity index (χ0n) is 12.4. The standard InChI is InChI=1S/C17H14BrN3O2/c1-12(23-20-11-13-6-8-15(18)9-7-13)17(22)21-16-5-3-2-4-14(16)10-19/h2-9,11-12H,1H3,(H,21,22)/b20-11-/t12-/m1/s1. The number of nitrogens with zero attached hydrogens (tertiary/aromatic N) is 2. The predicted molar refractivity (Wildman–Crippen MR) is 92.1 cm³/mol. The van der Waals surface area contributed by atoms with Crippen LogP contribution in [0.25, 0.3) is 0 Å². The minimum Gasteiger partial charge on any atom is -0.383 e. The first-order valence-corrected chi connectivity index (χ1v) is 7.64. The number of oxime groups is 1. The quantitative estimate of drug-likeness (QED) is 0.643. The van der Waals surface area contributed by atoms with Crippen LogP contribution in [-0.2, 0) is 9.63 Å². The lowest BCUT2D eigenvalue weighted by Gasteiger charge is -2.11. The highest BCUT2D eigenvalue weighted by atomic mass is 79.9. The average Bonchev–Trinajstić information content (AvgIpc) is 2.57. The minimum absolute atomic E-state index is 0.374. The Labute approximate surface area is 142 Å². The molecule has 2 aromatic rings. The molecule has 2 rings (SSSR count). The van der Waals surface area contributed by atoms with Gasteiger partial charge in [0.2, 0.25) is 6.10 Å². The Morgan fingerprint density at radius 2 is 2.00 bits per heavy atom. The molecular weight excluding hydrogens is 358 g/mol. The van der Waals surface area contributed by atoms with E-state index in [2.05, 4.69) is 26.4 Å². The van der Waals surface area contributed by atoms with Gasteiger partial charge in [0, 0.05) is 4.47 Å². The van der Waals surface area contributed by atoms with Crippen LogP contribution in [0.4, 0.5) is 5.69 Å². The molecule has 0 heterocycles. The third kappa shape index (κ3) is 4.94. The lowest BCUT2D eigenvalue weighted by atomic mass is 10.2. The van der Waals surface area contributed by atoms with Crippen LogP contribution in [0.5, 0.6) is 0 Å². The first-order valence-electron chi connectivity index (χ1n) is 6.85. The van der Waals surface area contributed by atoms with Crippen molar-refractivity contribution in [2.24, 2.45) is 5.16 Å². The molecule has 0 aromatic heterocycles. The molecule has 116 valence electrons. The van der Waals surface area contributed by atoms with Gasteiger partial charge in [0.05, 0.1) is 17.5 Å². The van der Waals surface area contributed by atoms with Crippen LogP contribution in [0, 0.1) is 11.3 Å². The molecular formula is C17H14BrN3O2. The van der Waals surface area contributed by atoms with Gasteiger partial charge in [0.1, 0.15) is 6.07 Å². The van der Waals surface area contributed by atoms with E-state index in [4.69, 9.17) is 10.1 Å². The number of amides is 1. The van der Waals surface area contributed by atoms with Crippen molar-refractivity contribution in [2.75, 3.05) is 5.32 Å². The summed E-state index contributed by atoms with van der Waals surface area (Å²) in [6.07, 6.45) is 0.743. The van der Waals surface area contributed by atoms with Crippen molar-refractivity contribution in [3.05, 3.63) is 64.1 Å². The van der Waals surface area contributed by atoms with E-state index in [0.717, 1.165) is 10.0 Å². The zero-order valence-corrected chi connectivity index (χ0v) is 13.9. The maximum Gasteiger partial charge on any atom is 0.268 e. The largest absolute Gasteiger partial charge is 0.383 e. The molecule has 0 aliphatic heterocycles. The molecule has 23 heavy (non-hydrogen) atoms. The molecule has 2 aromatic carbocycles. The molecule has 6 heteroatoms. The van der Waals surface area contributed by atoms with Crippen molar-refractivity contribution in [1.29, 1.82) is 5.26 Å². The minimum atomic E-state index is -0.784. The Morgan fingerprint density at radius 1 is 1.30 bits per heavy atom. The molecule has 0 saturated heterocycles. The predicted octanol–water partition coefficient (Wildman–Crippen LogP) is 3.70. The maximum atomic E-state index is 12.0. The number of rotatable bonds is 5. The molecule has 5 nitrogen and oxygen atoms in total. The number of nitrogens with one attached hydrogen (secondary N) is 1. The van der Waals surface area contributed by atoms with Gasteiger partial charge < -0.3 is 10.2 Å². The number of para-hydroxylation sites is 1. The van der Waals surface area contributed by atoms with Crippen molar-refractivity contribution in [1.82, 2.24) is 0 Å². The lowest BCUT2D eigenvalue weighted by Crippen LogP contribution is -2.26. The summed E-state index contributed by atoms with van der Waals surface area (Å²) in [6, 6.07) is 16.3. The Morgan fingerprint density at radius 3 is 2.70 bits per heavy atom. The number of hydrogen-bond donors (Lipinski definition) is 1. The van der Waals surface area contributed by atoms with Crippen LogP contribution in [0.1, 0.15) is 18.1 Å². The van der Waals surface area contributed by atoms with Gasteiger partial charge >= 0.3 is 0 Å². The first kappa shape index (κ1) is 16.7. The van der Waals surface area contributed by atoms with E-state index in [9.17, 15) is 4.79 Å². The normalized spacial score (nSPS) is 11.7. The molecule has 0 saturated carbocycles. The SMILES string of the molecule is C[C@@H](O/N=C\c1ccc(Br)cc1)C(=O)Nc1ccccc1C#N. The zero-order chi connectivity index (χ0) is 16.7. The van der Waals surface area contributed by atoms with Gasteiger partial charge in [-0.2, -0.15) is 5.26 Å². The second-order valence-corrected chi connectivity index (χ2v) is 5.60. The van der Waals surface area contributed by atoms with Crippen molar-refractivity contribution >= 4 is 33.7 Å². The topological polar surface area (TPSA) is 74.5 Å². The summed E-state index contributed by atoms with van der Waals surface area (Å²) in [5.41, 5.74) is 1.70. The average molecular weight is 372 g/mol. The molecule has 0 radical (unpaired) electrons. The van der Waals surface area contributed by atoms with E-state index in [0.29, 0.717) is 11.3 Å². The Hall–Kier alpha value is -2.65. The van der Waals surface area contributed by atoms with Crippen LogP contribution in [0.2, 0.25) is 0 Å². The number of nitriles is 1. The fourth-order valence-corrected chi connectivity index (χ4v) is 1.97. The van der Waals surface area contributed by atoms with Crippen LogP contribution in [0.3, 0.4) is 0 Å². The molecule has 1 N–H and O–H groups in total. The molecule has 1 amide bonds. The summed E-state index contributed by atoms with van der Waals surface area (Å²) >= 11 is 3.35. The third-order valence-electron chi connectivity index (χ3n) is 2.97. The molecule has 0 fully saturated rings. The summed E-state index contributed by atoms with van der Waals surface area (Å²) in [5, 5.41) is 15.5. The van der Waals surface area contributed by atoms with Gasteiger partial charge in [-0.1, -0.05) is 45.4 Å². The number of carbonyl (C=O) groups excluding carboxylic acids is 1. The van der Waals surface area contributed by atoms with Crippen molar-refractivity contribution < 1.29 is 9.63 Å². The van der Waals surface area contributed by atoms with Gasteiger partial charge in [0.15, 0.2) is 0 Å². The van der Waals surface area contributed by atoms with Crippen molar-refractivity contribution in [3.63, 3.8) is 0 Å². The highest BCUT2D eigenvalue weighted by molar-refractivity contribution is 9.10. The molecule has 0 bridgehead atoms. The van der Waals surface area contributed by atoms with Crippen LogP contribution >= 0.6 is 15.9 Å². The van der Waals surface area contributed by atoms with Crippen LogP contribution in [0.15, 0.2) is 58.2 Å². The number of halogens is 1. The lowest BCUT2D eigenvalue weighted by molar-refractivity contribution is -0.126. The van der Waals surface area contributed by atoms with E-state index in [1.807, 2.05) is 30.3 Å². The first-order chi connectivity index (χ1) is 11.1. The van der Waals surface area contributed by atoms with E-state index in [1.165, 1.54) is 6.21 Å². The Kier molecular flexibility index (Phi) is 5.89. The van der Waals surface area contributed by atoms with Gasteiger partial charge in [0.25, 0.3) is 5.91 Å². The fraction of sp³-hybridized carbons (Fsp3) is 0.118. The summed E-state index contributed by atoms with van der Waals surface area (Å²) in [4.78, 5) is 17.2. The fourth-order valence-electron chi connectivity index (χ4n) is 1.70. The number of anilines is 1. The highest BCUT2D eigenvalue weighted by Gasteiger charge is 2.15. The Balaban J connectivity index is 1.92. The highest BCUT2D eigenvalue weighted by Crippen LogP contribution is 2.14. The number of hydrogen-bond acceptors (Lipinski definition) is 4. The summed E-state index contributed by atoms with van der Waals surface area (Å²) in [6.45, 7) is 1.59. The molecule has 1 atom stereocenters. The van der Waals surface area contributed by atoms with E-state index < -0.39 is 6.10 Å². The molecule has 0 aliphatic rings. The summed E-state index contributed by atoms with van der Waals surface area (Å²) < 4.78 is 0.972. The smallest absolute Gasteiger partial charge is 0.268 e. The second kappa shape index (κ2) is 8.11. The molecule has 0 aliphatic carbocycles. The maximum absolute atomic E-state index is 12.0. The number of benzene rings is 2.